The van der Waals surface area contributed by atoms with Crippen molar-refractivity contribution in [3.8, 4) is 0 Å². The lowest BCUT2D eigenvalue weighted by Gasteiger charge is -2.05. The molecule has 17 heavy (non-hydrogen) atoms. The van der Waals surface area contributed by atoms with Gasteiger partial charge in [0.15, 0.2) is 0 Å². The third kappa shape index (κ3) is 13.3. The number of aliphatic hydroxyl groups excluding tert-OH is 1. The first-order valence-electron chi connectivity index (χ1n) is 6.46. The van der Waals surface area contributed by atoms with Crippen molar-refractivity contribution in [1.29, 1.82) is 0 Å². The van der Waals surface area contributed by atoms with Gasteiger partial charge in [-0.15, -0.1) is 0 Å². The molecule has 0 aromatic carbocycles. The van der Waals surface area contributed by atoms with Crippen LogP contribution >= 0.6 is 0 Å². The van der Waals surface area contributed by atoms with Gasteiger partial charge in [-0.1, -0.05) is 12.8 Å². The minimum Gasteiger partial charge on any atom is -0.394 e. The number of nitrogens with two attached hydrogens (primary N) is 1. The van der Waals surface area contributed by atoms with E-state index < -0.39 is 0 Å². The van der Waals surface area contributed by atoms with Gasteiger partial charge in [0, 0.05) is 19.6 Å². The maximum atomic E-state index is 11.3. The average Bonchev–Trinajstić information content (AvgIpc) is 2.33. The van der Waals surface area contributed by atoms with Crippen LogP contribution in [0, 0.1) is 0 Å². The summed E-state index contributed by atoms with van der Waals surface area (Å²) in [4.78, 5) is 11.3. The van der Waals surface area contributed by atoms with Gasteiger partial charge in [-0.25, -0.2) is 0 Å². The number of unbranched alkanes of at least 4 members (excludes halogenated alkanes) is 3. The number of amides is 1. The quantitative estimate of drug-likeness (QED) is 0.435. The van der Waals surface area contributed by atoms with Crippen molar-refractivity contribution in [2.75, 3.05) is 32.9 Å². The molecule has 0 aliphatic heterocycles. The molecule has 0 spiro atoms. The number of nitrogens with one attached hydrogen (secondary N) is 1. The number of hydrogen-bond acceptors (Lipinski definition) is 4. The Labute approximate surface area is 104 Å². The Hall–Kier alpha value is -0.650. The summed E-state index contributed by atoms with van der Waals surface area (Å²) in [6.45, 7) is 2.38. The maximum Gasteiger partial charge on any atom is 0.219 e. The number of rotatable bonds is 12. The first-order chi connectivity index (χ1) is 8.31. The standard InChI is InChI=1S/C12H26N2O3/c13-7-4-2-1-3-6-12(16)14-8-5-10-17-11-9-15/h15H,1-11,13H2,(H,14,16). The predicted molar refractivity (Wildman–Crippen MR) is 67.7 cm³/mol. The van der Waals surface area contributed by atoms with Crippen LogP contribution in [-0.4, -0.2) is 43.9 Å². The van der Waals surface area contributed by atoms with Crippen LogP contribution < -0.4 is 11.1 Å². The molecule has 0 aromatic rings. The van der Waals surface area contributed by atoms with Crippen molar-refractivity contribution < 1.29 is 14.6 Å². The Morgan fingerprint density at radius 1 is 1.12 bits per heavy atom. The van der Waals surface area contributed by atoms with Gasteiger partial charge in [0.1, 0.15) is 0 Å². The zero-order valence-electron chi connectivity index (χ0n) is 10.6. The van der Waals surface area contributed by atoms with Crippen molar-refractivity contribution in [3.05, 3.63) is 0 Å². The first-order valence-corrected chi connectivity index (χ1v) is 6.46. The summed E-state index contributed by atoms with van der Waals surface area (Å²) in [5.74, 6) is 0.111. The van der Waals surface area contributed by atoms with Gasteiger partial charge in [-0.05, 0) is 25.8 Å². The number of carbonyl (C=O) groups is 1. The van der Waals surface area contributed by atoms with Crippen molar-refractivity contribution >= 4 is 5.91 Å². The fraction of sp³-hybridized carbons (Fsp3) is 0.917. The van der Waals surface area contributed by atoms with E-state index in [9.17, 15) is 4.79 Å². The Balaban J connectivity index is 3.12. The minimum atomic E-state index is 0.0508. The van der Waals surface area contributed by atoms with Gasteiger partial charge in [-0.3, -0.25) is 4.79 Å². The summed E-state index contributed by atoms with van der Waals surface area (Å²) < 4.78 is 5.08. The van der Waals surface area contributed by atoms with Crippen LogP contribution in [0.2, 0.25) is 0 Å². The van der Waals surface area contributed by atoms with E-state index in [1.807, 2.05) is 0 Å². The molecule has 0 aromatic heterocycles. The average molecular weight is 246 g/mol. The summed E-state index contributed by atoms with van der Waals surface area (Å²) in [6.07, 6.45) is 5.56. The molecule has 0 aliphatic carbocycles. The molecule has 1 amide bonds. The summed E-state index contributed by atoms with van der Waals surface area (Å²) in [6, 6.07) is 0. The monoisotopic (exact) mass is 246 g/mol. The third-order valence-electron chi connectivity index (χ3n) is 2.38. The van der Waals surface area contributed by atoms with E-state index in [0.717, 1.165) is 38.6 Å². The topological polar surface area (TPSA) is 84.6 Å². The summed E-state index contributed by atoms with van der Waals surface area (Å²) in [7, 11) is 0. The van der Waals surface area contributed by atoms with E-state index in [0.29, 0.717) is 26.2 Å². The maximum absolute atomic E-state index is 11.3. The summed E-state index contributed by atoms with van der Waals surface area (Å²) in [5.41, 5.74) is 5.38. The second-order valence-electron chi connectivity index (χ2n) is 3.99. The number of aliphatic hydroxyl groups is 1. The van der Waals surface area contributed by atoms with Gasteiger partial charge in [0.2, 0.25) is 5.91 Å². The van der Waals surface area contributed by atoms with Crippen LogP contribution in [0.1, 0.15) is 38.5 Å². The zero-order valence-corrected chi connectivity index (χ0v) is 10.6. The van der Waals surface area contributed by atoms with Crippen molar-refractivity contribution in [2.45, 2.75) is 38.5 Å². The van der Waals surface area contributed by atoms with Crippen molar-refractivity contribution in [2.24, 2.45) is 5.73 Å². The fourth-order valence-electron chi connectivity index (χ4n) is 1.44. The summed E-state index contributed by atoms with van der Waals surface area (Å²) >= 11 is 0. The molecule has 0 bridgehead atoms. The van der Waals surface area contributed by atoms with Crippen LogP contribution in [0.5, 0.6) is 0 Å². The van der Waals surface area contributed by atoms with Gasteiger partial charge in [-0.2, -0.15) is 0 Å². The Morgan fingerprint density at radius 3 is 2.59 bits per heavy atom. The largest absolute Gasteiger partial charge is 0.394 e. The van der Waals surface area contributed by atoms with E-state index in [2.05, 4.69) is 5.32 Å². The van der Waals surface area contributed by atoms with E-state index in [4.69, 9.17) is 15.6 Å². The highest BCUT2D eigenvalue weighted by Crippen LogP contribution is 2.01. The number of ether oxygens (including phenoxy) is 1. The van der Waals surface area contributed by atoms with Gasteiger partial charge >= 0.3 is 0 Å². The van der Waals surface area contributed by atoms with Crippen LogP contribution in [0.3, 0.4) is 0 Å². The highest BCUT2D eigenvalue weighted by Gasteiger charge is 1.99. The van der Waals surface area contributed by atoms with Gasteiger partial charge in [0.25, 0.3) is 0 Å². The molecule has 0 radical (unpaired) electrons. The molecule has 4 N–H and O–H groups in total. The molecule has 0 fully saturated rings. The second-order valence-corrected chi connectivity index (χ2v) is 3.99. The Bertz CT molecular complexity index is 177. The Morgan fingerprint density at radius 2 is 1.88 bits per heavy atom. The molecule has 0 atom stereocenters. The molecule has 0 heterocycles. The normalized spacial score (nSPS) is 10.5. The van der Waals surface area contributed by atoms with Gasteiger partial charge < -0.3 is 20.9 Å². The van der Waals surface area contributed by atoms with E-state index in [-0.39, 0.29) is 12.5 Å². The van der Waals surface area contributed by atoms with Gasteiger partial charge in [0.05, 0.1) is 13.2 Å². The van der Waals surface area contributed by atoms with Crippen LogP contribution in [0.15, 0.2) is 0 Å². The fourth-order valence-corrected chi connectivity index (χ4v) is 1.44. The lowest BCUT2D eigenvalue weighted by molar-refractivity contribution is -0.121. The molecule has 0 aliphatic rings. The summed E-state index contributed by atoms with van der Waals surface area (Å²) in [5, 5.41) is 11.3. The van der Waals surface area contributed by atoms with E-state index in [1.54, 1.807) is 0 Å². The molecule has 5 nitrogen and oxygen atoms in total. The zero-order chi connectivity index (χ0) is 12.8. The Kier molecular flexibility index (Phi) is 12.9. The minimum absolute atomic E-state index is 0.0508. The smallest absolute Gasteiger partial charge is 0.219 e. The lowest BCUT2D eigenvalue weighted by atomic mass is 10.1. The SMILES string of the molecule is NCCCCCCC(=O)NCCCOCCO. The van der Waals surface area contributed by atoms with E-state index in [1.165, 1.54) is 0 Å². The molecular formula is C12H26N2O3. The second kappa shape index (κ2) is 13.4. The third-order valence-corrected chi connectivity index (χ3v) is 2.38. The van der Waals surface area contributed by atoms with Crippen molar-refractivity contribution in [1.82, 2.24) is 5.32 Å². The van der Waals surface area contributed by atoms with Crippen LogP contribution in [0.25, 0.3) is 0 Å². The molecule has 102 valence electrons. The van der Waals surface area contributed by atoms with Crippen LogP contribution in [-0.2, 0) is 9.53 Å². The van der Waals surface area contributed by atoms with E-state index >= 15 is 0 Å². The highest BCUT2D eigenvalue weighted by atomic mass is 16.5. The molecule has 0 unspecified atom stereocenters. The number of hydrogen-bond donors (Lipinski definition) is 3. The lowest BCUT2D eigenvalue weighted by Crippen LogP contribution is -2.25. The highest BCUT2D eigenvalue weighted by molar-refractivity contribution is 5.75. The molecule has 5 heteroatoms. The molecule has 0 saturated carbocycles. The van der Waals surface area contributed by atoms with Crippen molar-refractivity contribution in [3.63, 3.8) is 0 Å². The molecule has 0 rings (SSSR count). The first kappa shape index (κ1) is 16.4. The predicted octanol–water partition coefficient (Wildman–Crippen LogP) is 0.411. The molecular weight excluding hydrogens is 220 g/mol. The van der Waals surface area contributed by atoms with Crippen LogP contribution in [0.4, 0.5) is 0 Å². The molecule has 0 saturated heterocycles. The number of carbonyl (C=O) groups excluding carboxylic acids is 1.